The number of rotatable bonds is 5. The highest BCUT2D eigenvalue weighted by Crippen LogP contribution is 2.49. The molecule has 0 spiro atoms. The minimum absolute atomic E-state index is 0.0405. The van der Waals surface area contributed by atoms with Crippen LogP contribution < -0.4 is 9.47 Å². The molecule has 1 saturated carbocycles. The molecule has 0 aromatic heterocycles. The quantitative estimate of drug-likeness (QED) is 0.647. The van der Waals surface area contributed by atoms with Crippen molar-refractivity contribution in [1.82, 2.24) is 4.90 Å². The fraction of sp³-hybridized carbons (Fsp3) is 0.500. The first-order valence-electron chi connectivity index (χ1n) is 11.3. The van der Waals surface area contributed by atoms with Gasteiger partial charge in [0.05, 0.1) is 6.61 Å². The Morgan fingerprint density at radius 1 is 1.03 bits per heavy atom. The van der Waals surface area contributed by atoms with Crippen LogP contribution in [0.5, 0.6) is 11.5 Å². The maximum atomic E-state index is 11.9. The molecule has 5 nitrogen and oxygen atoms in total. The van der Waals surface area contributed by atoms with E-state index in [-0.39, 0.29) is 23.5 Å². The summed E-state index contributed by atoms with van der Waals surface area (Å²) in [5, 5.41) is 9.77. The Morgan fingerprint density at radius 2 is 1.77 bits per heavy atom. The Kier molecular flexibility index (Phi) is 5.87. The fourth-order valence-corrected chi connectivity index (χ4v) is 5.56. The third-order valence-corrected chi connectivity index (χ3v) is 6.71. The van der Waals surface area contributed by atoms with Crippen LogP contribution in [-0.4, -0.2) is 41.4 Å². The molecule has 0 radical (unpaired) electrons. The summed E-state index contributed by atoms with van der Waals surface area (Å²) < 4.78 is 12.0. The molecular weight excluding hydrogens is 390 g/mol. The van der Waals surface area contributed by atoms with E-state index in [0.717, 1.165) is 35.5 Å². The zero-order valence-electron chi connectivity index (χ0n) is 18.9. The number of likely N-dealkylation sites (tertiary alicyclic amines) is 1. The van der Waals surface area contributed by atoms with Gasteiger partial charge in [0, 0.05) is 18.5 Å². The summed E-state index contributed by atoms with van der Waals surface area (Å²) in [4.78, 5) is 13.6. The van der Waals surface area contributed by atoms with Crippen molar-refractivity contribution < 1.29 is 19.4 Å². The van der Waals surface area contributed by atoms with E-state index in [0.29, 0.717) is 19.1 Å². The Hall–Kier alpha value is -2.69. The van der Waals surface area contributed by atoms with E-state index in [2.05, 4.69) is 45.0 Å². The molecule has 1 saturated heterocycles. The smallest absolute Gasteiger partial charge is 0.407 e. The number of fused-ring (bicyclic) bond motifs is 1. The van der Waals surface area contributed by atoms with Gasteiger partial charge < -0.3 is 19.5 Å². The van der Waals surface area contributed by atoms with Gasteiger partial charge in [-0.25, -0.2) is 4.79 Å². The van der Waals surface area contributed by atoms with Gasteiger partial charge in [-0.2, -0.15) is 0 Å². The van der Waals surface area contributed by atoms with Crippen LogP contribution in [0.25, 0.3) is 11.1 Å². The molecule has 4 atom stereocenters. The summed E-state index contributed by atoms with van der Waals surface area (Å²) in [5.41, 5.74) is 2.13. The zero-order chi connectivity index (χ0) is 22.2. The van der Waals surface area contributed by atoms with Crippen molar-refractivity contribution in [2.24, 2.45) is 17.3 Å². The molecule has 166 valence electrons. The standard InChI is InChI=1S/C26H33NO4/c1-5-30-19-11-9-17(10-12-19)18-7-6-8-20(15-18)31-23-14-13-21-22(23)16-27(25(28)29)24(21)26(2,3)4/h6-12,15,21-24H,5,13-14,16H2,1-4H3,(H,28,29)/t21-,22-,23+,24?/m0/s1. The highest BCUT2D eigenvalue weighted by molar-refractivity contribution is 5.67. The molecule has 1 aliphatic heterocycles. The average molecular weight is 424 g/mol. The minimum Gasteiger partial charge on any atom is -0.494 e. The molecule has 5 heteroatoms. The number of ether oxygens (including phenoxy) is 2. The van der Waals surface area contributed by atoms with Crippen molar-refractivity contribution in [3.8, 4) is 22.6 Å². The lowest BCUT2D eigenvalue weighted by Crippen LogP contribution is -2.45. The van der Waals surface area contributed by atoms with Crippen molar-refractivity contribution in [1.29, 1.82) is 0 Å². The summed E-state index contributed by atoms with van der Waals surface area (Å²) in [6, 6.07) is 16.3. The van der Waals surface area contributed by atoms with E-state index in [1.54, 1.807) is 4.90 Å². The first-order valence-corrected chi connectivity index (χ1v) is 11.3. The number of hydrogen-bond donors (Lipinski definition) is 1. The van der Waals surface area contributed by atoms with Crippen molar-refractivity contribution in [2.75, 3.05) is 13.2 Å². The largest absolute Gasteiger partial charge is 0.494 e. The van der Waals surface area contributed by atoms with Crippen molar-refractivity contribution in [3.63, 3.8) is 0 Å². The van der Waals surface area contributed by atoms with Crippen LogP contribution in [0.3, 0.4) is 0 Å². The van der Waals surface area contributed by atoms with Gasteiger partial charge in [0.25, 0.3) is 0 Å². The van der Waals surface area contributed by atoms with E-state index >= 15 is 0 Å². The van der Waals surface area contributed by atoms with Gasteiger partial charge >= 0.3 is 6.09 Å². The molecule has 1 heterocycles. The van der Waals surface area contributed by atoms with Gasteiger partial charge in [-0.1, -0.05) is 45.0 Å². The third-order valence-electron chi connectivity index (χ3n) is 6.71. The van der Waals surface area contributed by atoms with Gasteiger partial charge in [-0.15, -0.1) is 0 Å². The Bertz CT molecular complexity index is 918. The highest BCUT2D eigenvalue weighted by atomic mass is 16.5. The fourth-order valence-electron chi connectivity index (χ4n) is 5.56. The summed E-state index contributed by atoms with van der Waals surface area (Å²) in [5.74, 6) is 2.32. The molecule has 1 N–H and O–H groups in total. The van der Waals surface area contributed by atoms with Gasteiger partial charge in [0.15, 0.2) is 0 Å². The Balaban J connectivity index is 1.50. The molecule has 1 unspecified atom stereocenters. The number of carbonyl (C=O) groups is 1. The zero-order valence-corrected chi connectivity index (χ0v) is 18.9. The predicted molar refractivity (Wildman–Crippen MR) is 122 cm³/mol. The number of nitrogens with zero attached hydrogens (tertiary/aromatic N) is 1. The third kappa shape index (κ3) is 4.36. The maximum absolute atomic E-state index is 11.9. The van der Waals surface area contributed by atoms with Gasteiger partial charge in [-0.05, 0) is 66.5 Å². The molecule has 4 rings (SSSR count). The molecule has 31 heavy (non-hydrogen) atoms. The molecule has 2 aromatic carbocycles. The molecule has 2 aliphatic rings. The van der Waals surface area contributed by atoms with Crippen LogP contribution in [0, 0.1) is 17.3 Å². The van der Waals surface area contributed by atoms with Crippen molar-refractivity contribution in [2.45, 2.75) is 52.7 Å². The van der Waals surface area contributed by atoms with Crippen molar-refractivity contribution >= 4 is 6.09 Å². The van der Waals surface area contributed by atoms with E-state index in [1.807, 2.05) is 31.2 Å². The number of benzene rings is 2. The number of hydrogen-bond acceptors (Lipinski definition) is 3. The van der Waals surface area contributed by atoms with Crippen LogP contribution >= 0.6 is 0 Å². The van der Waals surface area contributed by atoms with Crippen molar-refractivity contribution in [3.05, 3.63) is 48.5 Å². The second kappa shape index (κ2) is 8.45. The summed E-state index contributed by atoms with van der Waals surface area (Å²) in [6.45, 7) is 9.62. The van der Waals surface area contributed by atoms with Crippen LogP contribution in [0.2, 0.25) is 0 Å². The number of amides is 1. The Morgan fingerprint density at radius 3 is 2.42 bits per heavy atom. The topological polar surface area (TPSA) is 59.0 Å². The lowest BCUT2D eigenvalue weighted by molar-refractivity contribution is 0.0893. The maximum Gasteiger partial charge on any atom is 0.407 e. The van der Waals surface area contributed by atoms with E-state index in [4.69, 9.17) is 9.47 Å². The lowest BCUT2D eigenvalue weighted by atomic mass is 9.77. The summed E-state index contributed by atoms with van der Waals surface area (Å²) in [6.07, 6.45) is 1.22. The minimum atomic E-state index is -0.814. The van der Waals surface area contributed by atoms with Gasteiger partial charge in [-0.3, -0.25) is 0 Å². The predicted octanol–water partition coefficient (Wildman–Crippen LogP) is 5.93. The van der Waals surface area contributed by atoms with E-state index in [9.17, 15) is 9.90 Å². The Labute approximate surface area is 185 Å². The molecule has 0 bridgehead atoms. The normalized spacial score (nSPS) is 25.4. The van der Waals surface area contributed by atoms with Gasteiger partial charge in [0.1, 0.15) is 17.6 Å². The van der Waals surface area contributed by atoms with E-state index in [1.165, 1.54) is 0 Å². The van der Waals surface area contributed by atoms with Crippen LogP contribution in [0.4, 0.5) is 4.79 Å². The summed E-state index contributed by atoms with van der Waals surface area (Å²) in [7, 11) is 0. The second-order valence-corrected chi connectivity index (χ2v) is 9.79. The summed E-state index contributed by atoms with van der Waals surface area (Å²) >= 11 is 0. The van der Waals surface area contributed by atoms with Crippen LogP contribution in [0.1, 0.15) is 40.5 Å². The first-order chi connectivity index (χ1) is 14.8. The van der Waals surface area contributed by atoms with Crippen LogP contribution in [-0.2, 0) is 0 Å². The first kappa shape index (κ1) is 21.5. The average Bonchev–Trinajstić information content (AvgIpc) is 3.29. The van der Waals surface area contributed by atoms with Gasteiger partial charge in [0.2, 0.25) is 0 Å². The highest BCUT2D eigenvalue weighted by Gasteiger charge is 2.54. The SMILES string of the molecule is CCOc1ccc(-c2cccc(O[C@@H]3CC[C@@H]4C(C(C)(C)C)N(C(=O)O)C[C@@H]43)c2)cc1. The van der Waals surface area contributed by atoms with E-state index < -0.39 is 6.09 Å². The number of carboxylic acid groups (broad SMARTS) is 1. The second-order valence-electron chi connectivity index (χ2n) is 9.79. The molecule has 1 amide bonds. The monoisotopic (exact) mass is 423 g/mol. The molecule has 1 aliphatic carbocycles. The molecular formula is C26H33NO4. The lowest BCUT2D eigenvalue weighted by Gasteiger charge is -2.36. The molecule has 2 aromatic rings. The van der Waals surface area contributed by atoms with Crippen LogP contribution in [0.15, 0.2) is 48.5 Å². The molecule has 2 fully saturated rings.